The summed E-state index contributed by atoms with van der Waals surface area (Å²) in [6.07, 6.45) is 4.18. The third-order valence-electron chi connectivity index (χ3n) is 3.94. The van der Waals surface area contributed by atoms with Gasteiger partial charge in [0.25, 0.3) is 0 Å². The third kappa shape index (κ3) is 4.26. The van der Waals surface area contributed by atoms with Gasteiger partial charge in [-0.2, -0.15) is 0 Å². The molecule has 2 rings (SSSR count). The van der Waals surface area contributed by atoms with Gasteiger partial charge in [0.05, 0.1) is 11.0 Å². The first-order valence-corrected chi connectivity index (χ1v) is 8.92. The van der Waals surface area contributed by atoms with E-state index in [1.54, 1.807) is 19.1 Å². The Kier molecular flexibility index (Phi) is 5.75. The van der Waals surface area contributed by atoms with Crippen LogP contribution >= 0.6 is 0 Å². The van der Waals surface area contributed by atoms with Crippen LogP contribution in [0.3, 0.4) is 0 Å². The highest BCUT2D eigenvalue weighted by atomic mass is 32.2. The van der Waals surface area contributed by atoms with Crippen LogP contribution in [0.1, 0.15) is 36.8 Å². The predicted molar refractivity (Wildman–Crippen MR) is 82.5 cm³/mol. The number of nitrogens with one attached hydrogen (secondary N) is 1. The van der Waals surface area contributed by atoms with Crippen molar-refractivity contribution in [2.24, 2.45) is 5.73 Å². The molecule has 0 amide bonds. The Balaban J connectivity index is 1.98. The van der Waals surface area contributed by atoms with Crippen molar-refractivity contribution in [3.63, 3.8) is 0 Å². The number of rotatable bonds is 6. The van der Waals surface area contributed by atoms with Gasteiger partial charge >= 0.3 is 0 Å². The lowest BCUT2D eigenvalue weighted by Crippen LogP contribution is -2.30. The summed E-state index contributed by atoms with van der Waals surface area (Å²) in [4.78, 5) is 0.315. The molecule has 0 bridgehead atoms. The van der Waals surface area contributed by atoms with Crippen molar-refractivity contribution in [1.29, 1.82) is 0 Å². The van der Waals surface area contributed by atoms with Gasteiger partial charge in [-0.1, -0.05) is 12.1 Å². The average molecular weight is 312 g/mol. The van der Waals surface area contributed by atoms with Gasteiger partial charge in [0.2, 0.25) is 10.0 Å². The van der Waals surface area contributed by atoms with E-state index in [9.17, 15) is 8.42 Å². The maximum Gasteiger partial charge on any atom is 0.240 e. The lowest BCUT2D eigenvalue weighted by atomic mass is 10.1. The zero-order valence-electron chi connectivity index (χ0n) is 12.5. The van der Waals surface area contributed by atoms with Gasteiger partial charge in [-0.3, -0.25) is 0 Å². The van der Waals surface area contributed by atoms with Crippen molar-refractivity contribution in [2.75, 3.05) is 13.2 Å². The number of ether oxygens (including phenoxy) is 1. The minimum absolute atomic E-state index is 0.179. The molecule has 0 spiro atoms. The van der Waals surface area contributed by atoms with Gasteiger partial charge in [-0.25, -0.2) is 13.1 Å². The van der Waals surface area contributed by atoms with E-state index in [1.165, 1.54) is 0 Å². The maximum atomic E-state index is 12.4. The largest absolute Gasteiger partial charge is 0.378 e. The second kappa shape index (κ2) is 7.35. The molecule has 118 valence electrons. The Bertz CT molecular complexity index is 566. The van der Waals surface area contributed by atoms with Crippen LogP contribution in [-0.2, 0) is 21.3 Å². The van der Waals surface area contributed by atoms with Crippen molar-refractivity contribution in [1.82, 2.24) is 4.72 Å². The van der Waals surface area contributed by atoms with Crippen LogP contribution in [0.5, 0.6) is 0 Å². The zero-order valence-corrected chi connectivity index (χ0v) is 13.3. The summed E-state index contributed by atoms with van der Waals surface area (Å²) >= 11 is 0. The summed E-state index contributed by atoms with van der Waals surface area (Å²) in [6, 6.07) is 5.20. The molecule has 1 saturated heterocycles. The zero-order chi connectivity index (χ0) is 15.3. The third-order valence-corrected chi connectivity index (χ3v) is 5.54. The Labute approximate surface area is 126 Å². The molecule has 6 heteroatoms. The molecule has 1 aromatic carbocycles. The molecule has 5 nitrogen and oxygen atoms in total. The molecule has 1 fully saturated rings. The van der Waals surface area contributed by atoms with E-state index >= 15 is 0 Å². The molecule has 0 aliphatic carbocycles. The van der Waals surface area contributed by atoms with Crippen molar-refractivity contribution < 1.29 is 13.2 Å². The summed E-state index contributed by atoms with van der Waals surface area (Å²) in [5, 5.41) is 0. The molecule has 1 aliphatic rings. The summed E-state index contributed by atoms with van der Waals surface area (Å²) in [6.45, 7) is 3.32. The first kappa shape index (κ1) is 16.4. The minimum atomic E-state index is -3.49. The standard InChI is InChI=1S/C15H24N2O3S/c1-12-13(11-16)5-4-7-15(12)21(18,19)17-9-8-14-6-2-3-10-20-14/h4-5,7,14,17H,2-3,6,8-11,16H2,1H3. The highest BCUT2D eigenvalue weighted by molar-refractivity contribution is 7.89. The van der Waals surface area contributed by atoms with Crippen molar-refractivity contribution >= 4 is 10.0 Å². The van der Waals surface area contributed by atoms with Crippen LogP contribution in [0.25, 0.3) is 0 Å². The van der Waals surface area contributed by atoms with Gasteiger partial charge in [-0.05, 0) is 49.8 Å². The highest BCUT2D eigenvalue weighted by Crippen LogP contribution is 2.19. The summed E-state index contributed by atoms with van der Waals surface area (Å²) < 4.78 is 33.0. The molecule has 0 radical (unpaired) electrons. The summed E-state index contributed by atoms with van der Waals surface area (Å²) in [5.41, 5.74) is 7.21. The summed E-state index contributed by atoms with van der Waals surface area (Å²) in [5.74, 6) is 0. The normalized spacial score (nSPS) is 19.6. The van der Waals surface area contributed by atoms with Crippen LogP contribution in [0, 0.1) is 6.92 Å². The number of sulfonamides is 1. The van der Waals surface area contributed by atoms with Crippen LogP contribution in [0.4, 0.5) is 0 Å². The van der Waals surface area contributed by atoms with Crippen molar-refractivity contribution in [3.8, 4) is 0 Å². The number of benzene rings is 1. The Morgan fingerprint density at radius 2 is 2.19 bits per heavy atom. The van der Waals surface area contributed by atoms with Crippen molar-refractivity contribution in [3.05, 3.63) is 29.3 Å². The van der Waals surface area contributed by atoms with E-state index in [2.05, 4.69) is 4.72 Å². The van der Waals surface area contributed by atoms with E-state index in [1.807, 2.05) is 6.07 Å². The summed E-state index contributed by atoms with van der Waals surface area (Å²) in [7, 11) is -3.49. The van der Waals surface area contributed by atoms with Gasteiger partial charge < -0.3 is 10.5 Å². The molecule has 1 heterocycles. The molecule has 1 aliphatic heterocycles. The molecule has 1 aromatic rings. The lowest BCUT2D eigenvalue weighted by Gasteiger charge is -2.22. The Morgan fingerprint density at radius 1 is 1.38 bits per heavy atom. The van der Waals surface area contributed by atoms with E-state index in [0.29, 0.717) is 18.0 Å². The molecule has 3 N–H and O–H groups in total. The van der Waals surface area contributed by atoms with Crippen LogP contribution in [0.15, 0.2) is 23.1 Å². The first-order valence-electron chi connectivity index (χ1n) is 7.44. The average Bonchev–Trinajstić information content (AvgIpc) is 2.48. The fraction of sp³-hybridized carbons (Fsp3) is 0.600. The lowest BCUT2D eigenvalue weighted by molar-refractivity contribution is 0.0123. The first-order chi connectivity index (χ1) is 10.0. The Hall–Kier alpha value is -0.950. The molecule has 1 unspecified atom stereocenters. The van der Waals surface area contributed by atoms with Gasteiger partial charge in [0, 0.05) is 19.7 Å². The van der Waals surface area contributed by atoms with E-state index < -0.39 is 10.0 Å². The molecule has 0 aromatic heterocycles. The van der Waals surface area contributed by atoms with E-state index in [-0.39, 0.29) is 6.10 Å². The molecular weight excluding hydrogens is 288 g/mol. The minimum Gasteiger partial charge on any atom is -0.378 e. The fourth-order valence-corrected chi connectivity index (χ4v) is 3.97. The second-order valence-corrected chi connectivity index (χ2v) is 7.15. The molecular formula is C15H24N2O3S. The van der Waals surface area contributed by atoms with Crippen LogP contribution in [0.2, 0.25) is 0 Å². The number of hydrogen-bond donors (Lipinski definition) is 2. The second-order valence-electron chi connectivity index (χ2n) is 5.42. The van der Waals surface area contributed by atoms with E-state index in [0.717, 1.165) is 43.4 Å². The smallest absolute Gasteiger partial charge is 0.240 e. The van der Waals surface area contributed by atoms with E-state index in [4.69, 9.17) is 10.5 Å². The van der Waals surface area contributed by atoms with Crippen molar-refractivity contribution in [2.45, 2.75) is 50.2 Å². The van der Waals surface area contributed by atoms with Crippen LogP contribution in [-0.4, -0.2) is 27.7 Å². The molecule has 1 atom stereocenters. The quantitative estimate of drug-likeness (QED) is 0.837. The molecule has 0 saturated carbocycles. The Morgan fingerprint density at radius 3 is 2.86 bits per heavy atom. The topological polar surface area (TPSA) is 81.4 Å². The van der Waals surface area contributed by atoms with Crippen LogP contribution < -0.4 is 10.5 Å². The van der Waals surface area contributed by atoms with Gasteiger partial charge in [0.1, 0.15) is 0 Å². The monoisotopic (exact) mass is 312 g/mol. The predicted octanol–water partition coefficient (Wildman–Crippen LogP) is 1.69. The molecule has 21 heavy (non-hydrogen) atoms. The van der Waals surface area contributed by atoms with Gasteiger partial charge in [-0.15, -0.1) is 0 Å². The SMILES string of the molecule is Cc1c(CN)cccc1S(=O)(=O)NCCC1CCCCO1. The highest BCUT2D eigenvalue weighted by Gasteiger charge is 2.19. The fourth-order valence-electron chi connectivity index (χ4n) is 2.64. The number of hydrogen-bond acceptors (Lipinski definition) is 4. The maximum absolute atomic E-state index is 12.4. The number of nitrogens with two attached hydrogens (primary N) is 1. The van der Waals surface area contributed by atoms with Gasteiger partial charge in [0.15, 0.2) is 0 Å².